The van der Waals surface area contributed by atoms with Crippen LogP contribution in [0.25, 0.3) is 0 Å². The molecular formula is C18H22N2O3. The van der Waals surface area contributed by atoms with Crippen molar-refractivity contribution in [3.63, 3.8) is 0 Å². The molecule has 5 heteroatoms. The normalized spacial score (nSPS) is 11.7. The van der Waals surface area contributed by atoms with Gasteiger partial charge >= 0.3 is 0 Å². The van der Waals surface area contributed by atoms with Gasteiger partial charge in [-0.2, -0.15) is 5.26 Å². The van der Waals surface area contributed by atoms with Crippen LogP contribution in [0.15, 0.2) is 28.8 Å². The number of nitrogens with zero attached hydrogens (tertiary/aromatic N) is 2. The first-order valence-corrected chi connectivity index (χ1v) is 7.83. The highest BCUT2D eigenvalue weighted by Gasteiger charge is 2.19. The number of nitriles is 1. The molecule has 1 unspecified atom stereocenters. The second-order valence-corrected chi connectivity index (χ2v) is 5.32. The Kier molecular flexibility index (Phi) is 6.04. The van der Waals surface area contributed by atoms with Crippen molar-refractivity contribution >= 4 is 0 Å². The molecule has 1 atom stereocenters. The van der Waals surface area contributed by atoms with E-state index < -0.39 is 0 Å². The fraction of sp³-hybridized carbons (Fsp3) is 0.444. The van der Waals surface area contributed by atoms with Crippen LogP contribution < -0.4 is 9.47 Å². The highest BCUT2D eigenvalue weighted by atomic mass is 16.5. The zero-order chi connectivity index (χ0) is 16.7. The fourth-order valence-corrected chi connectivity index (χ4v) is 2.56. The van der Waals surface area contributed by atoms with Gasteiger partial charge in [-0.05, 0) is 45.7 Å². The molecule has 0 N–H and O–H groups in total. The Morgan fingerprint density at radius 3 is 2.61 bits per heavy atom. The molecule has 0 radical (unpaired) electrons. The summed E-state index contributed by atoms with van der Waals surface area (Å²) >= 11 is 0. The van der Waals surface area contributed by atoms with E-state index >= 15 is 0 Å². The quantitative estimate of drug-likeness (QED) is 0.684. The van der Waals surface area contributed by atoms with Crippen molar-refractivity contribution in [1.82, 2.24) is 5.16 Å². The minimum Gasteiger partial charge on any atom is -0.494 e. The largest absolute Gasteiger partial charge is 0.494 e. The van der Waals surface area contributed by atoms with E-state index in [9.17, 15) is 5.26 Å². The van der Waals surface area contributed by atoms with Gasteiger partial charge in [-0.1, -0.05) is 11.2 Å². The Labute approximate surface area is 136 Å². The summed E-state index contributed by atoms with van der Waals surface area (Å²) in [6.07, 6.45) is 1.49. The Morgan fingerprint density at radius 2 is 2.00 bits per heavy atom. The maximum atomic E-state index is 9.38. The minimum absolute atomic E-state index is 0.209. The third kappa shape index (κ3) is 4.49. The minimum atomic E-state index is -0.209. The second-order valence-electron chi connectivity index (χ2n) is 5.32. The molecule has 0 fully saturated rings. The summed E-state index contributed by atoms with van der Waals surface area (Å²) in [7, 11) is 0. The first kappa shape index (κ1) is 16.9. The molecule has 0 aliphatic rings. The number of ether oxygens (including phenoxy) is 2. The monoisotopic (exact) mass is 314 g/mol. The van der Waals surface area contributed by atoms with E-state index in [-0.39, 0.29) is 5.92 Å². The van der Waals surface area contributed by atoms with Gasteiger partial charge in [0.05, 0.1) is 30.9 Å². The molecule has 1 heterocycles. The first-order chi connectivity index (χ1) is 11.2. The molecule has 0 saturated carbocycles. The van der Waals surface area contributed by atoms with E-state index in [0.717, 1.165) is 34.9 Å². The molecule has 0 aliphatic carbocycles. The SMILES string of the molecule is CCOc1cccc(OCCCC(C#N)c2c(C)noc2C)c1. The number of hydrogen-bond acceptors (Lipinski definition) is 5. The lowest BCUT2D eigenvalue weighted by Crippen LogP contribution is -2.03. The van der Waals surface area contributed by atoms with Gasteiger partial charge in [0, 0.05) is 11.6 Å². The average molecular weight is 314 g/mol. The van der Waals surface area contributed by atoms with E-state index in [1.54, 1.807) is 0 Å². The van der Waals surface area contributed by atoms with Gasteiger partial charge in [0.2, 0.25) is 0 Å². The summed E-state index contributed by atoms with van der Waals surface area (Å²) in [5, 5.41) is 13.3. The van der Waals surface area contributed by atoms with Crippen LogP contribution in [0.1, 0.15) is 42.7 Å². The highest BCUT2D eigenvalue weighted by Crippen LogP contribution is 2.27. The Hall–Kier alpha value is -2.48. The van der Waals surface area contributed by atoms with Gasteiger partial charge < -0.3 is 14.0 Å². The van der Waals surface area contributed by atoms with Crippen molar-refractivity contribution in [3.05, 3.63) is 41.3 Å². The van der Waals surface area contributed by atoms with Gasteiger partial charge in [0.1, 0.15) is 17.3 Å². The van der Waals surface area contributed by atoms with Gasteiger partial charge in [-0.15, -0.1) is 0 Å². The van der Waals surface area contributed by atoms with Gasteiger partial charge in [0.25, 0.3) is 0 Å². The van der Waals surface area contributed by atoms with E-state index in [1.165, 1.54) is 0 Å². The summed E-state index contributed by atoms with van der Waals surface area (Å²) in [6.45, 7) is 6.84. The van der Waals surface area contributed by atoms with Crippen LogP contribution in [-0.2, 0) is 0 Å². The summed E-state index contributed by atoms with van der Waals surface area (Å²) in [4.78, 5) is 0. The average Bonchev–Trinajstić information content (AvgIpc) is 2.88. The van der Waals surface area contributed by atoms with Crippen molar-refractivity contribution in [3.8, 4) is 17.6 Å². The van der Waals surface area contributed by atoms with E-state index in [4.69, 9.17) is 14.0 Å². The third-order valence-electron chi connectivity index (χ3n) is 3.62. The highest BCUT2D eigenvalue weighted by molar-refractivity contribution is 5.33. The van der Waals surface area contributed by atoms with Crippen molar-refractivity contribution in [2.75, 3.05) is 13.2 Å². The summed E-state index contributed by atoms with van der Waals surface area (Å²) in [5.74, 6) is 2.09. The van der Waals surface area contributed by atoms with E-state index in [0.29, 0.717) is 19.6 Å². The Bertz CT molecular complexity index is 654. The standard InChI is InChI=1S/C18H22N2O3/c1-4-21-16-8-5-9-17(11-16)22-10-6-7-15(12-19)18-13(2)20-23-14(18)3/h5,8-9,11,15H,4,6-7,10H2,1-3H3. The molecule has 23 heavy (non-hydrogen) atoms. The summed E-state index contributed by atoms with van der Waals surface area (Å²) < 4.78 is 16.3. The number of rotatable bonds is 8. The van der Waals surface area contributed by atoms with Crippen LogP contribution in [0.4, 0.5) is 0 Å². The summed E-state index contributed by atoms with van der Waals surface area (Å²) in [5.41, 5.74) is 1.70. The molecule has 5 nitrogen and oxygen atoms in total. The molecule has 0 spiro atoms. The van der Waals surface area contributed by atoms with Crippen LogP contribution in [0.3, 0.4) is 0 Å². The molecule has 0 aliphatic heterocycles. The smallest absolute Gasteiger partial charge is 0.138 e. The van der Waals surface area contributed by atoms with Crippen molar-refractivity contribution in [2.24, 2.45) is 0 Å². The lowest BCUT2D eigenvalue weighted by atomic mass is 9.94. The maximum Gasteiger partial charge on any atom is 0.138 e. The van der Waals surface area contributed by atoms with Crippen LogP contribution in [0.2, 0.25) is 0 Å². The van der Waals surface area contributed by atoms with Crippen LogP contribution >= 0.6 is 0 Å². The molecule has 2 rings (SSSR count). The van der Waals surface area contributed by atoms with Crippen molar-refractivity contribution < 1.29 is 14.0 Å². The van der Waals surface area contributed by atoms with Gasteiger partial charge in [0.15, 0.2) is 0 Å². The topological polar surface area (TPSA) is 68.3 Å². The van der Waals surface area contributed by atoms with Crippen LogP contribution in [0.5, 0.6) is 11.5 Å². The predicted octanol–water partition coefficient (Wildman–Crippen LogP) is 4.16. The first-order valence-electron chi connectivity index (χ1n) is 7.83. The van der Waals surface area contributed by atoms with Gasteiger partial charge in [-0.25, -0.2) is 0 Å². The number of benzene rings is 1. The number of hydrogen-bond donors (Lipinski definition) is 0. The Balaban J connectivity index is 1.85. The maximum absolute atomic E-state index is 9.38. The van der Waals surface area contributed by atoms with E-state index in [2.05, 4.69) is 11.2 Å². The van der Waals surface area contributed by atoms with Gasteiger partial charge in [-0.3, -0.25) is 0 Å². The molecule has 0 saturated heterocycles. The molecular weight excluding hydrogens is 292 g/mol. The fourth-order valence-electron chi connectivity index (χ4n) is 2.56. The second kappa shape index (κ2) is 8.23. The zero-order valence-corrected chi connectivity index (χ0v) is 13.8. The molecule has 1 aromatic carbocycles. The lowest BCUT2D eigenvalue weighted by Gasteiger charge is -2.11. The van der Waals surface area contributed by atoms with Crippen molar-refractivity contribution in [2.45, 2.75) is 39.5 Å². The molecule has 0 amide bonds. The molecule has 1 aromatic heterocycles. The van der Waals surface area contributed by atoms with Crippen LogP contribution in [0, 0.1) is 25.2 Å². The lowest BCUT2D eigenvalue weighted by molar-refractivity contribution is 0.299. The number of aromatic nitrogens is 1. The molecule has 0 bridgehead atoms. The van der Waals surface area contributed by atoms with Crippen molar-refractivity contribution in [1.29, 1.82) is 5.26 Å². The van der Waals surface area contributed by atoms with Crippen LogP contribution in [-0.4, -0.2) is 18.4 Å². The predicted molar refractivity (Wildman–Crippen MR) is 86.7 cm³/mol. The van der Waals surface area contributed by atoms with E-state index in [1.807, 2.05) is 45.0 Å². The third-order valence-corrected chi connectivity index (χ3v) is 3.62. The number of aryl methyl sites for hydroxylation is 2. The Morgan fingerprint density at radius 1 is 1.26 bits per heavy atom. The zero-order valence-electron chi connectivity index (χ0n) is 13.8. The summed E-state index contributed by atoms with van der Waals surface area (Å²) in [6, 6.07) is 9.92. The molecule has 122 valence electrons. The molecule has 2 aromatic rings.